The second kappa shape index (κ2) is 7.90. The Bertz CT molecular complexity index is 1140. The normalized spacial score (nSPS) is 17.7. The molecule has 0 fully saturated rings. The Kier molecular flexibility index (Phi) is 5.20. The molecule has 0 heterocycles. The van der Waals surface area contributed by atoms with Crippen molar-refractivity contribution in [3.05, 3.63) is 88.5 Å². The van der Waals surface area contributed by atoms with Gasteiger partial charge in [0.2, 0.25) is 0 Å². The molecule has 0 N–H and O–H groups in total. The molecule has 0 spiro atoms. The van der Waals surface area contributed by atoms with Gasteiger partial charge in [-0.2, -0.15) is 25.9 Å². The lowest BCUT2D eigenvalue weighted by molar-refractivity contribution is -0.281. The van der Waals surface area contributed by atoms with E-state index in [9.17, 15) is 10.5 Å². The fraction of sp³-hybridized carbons (Fsp3) is 0.0909. The molecular formula is C22H12N4O2. The zero-order chi connectivity index (χ0) is 20.0. The minimum Gasteiger partial charge on any atom is -0.336 e. The highest BCUT2D eigenvalue weighted by atomic mass is 17.2. The van der Waals surface area contributed by atoms with Crippen molar-refractivity contribution >= 4 is 0 Å². The number of nitrogens with zero attached hydrogens (tertiary/aromatic N) is 4. The first-order chi connectivity index (χ1) is 13.7. The van der Waals surface area contributed by atoms with E-state index in [2.05, 4.69) is 6.07 Å². The molecule has 0 aromatic heterocycles. The molecule has 132 valence electrons. The lowest BCUT2D eigenvalue weighted by Gasteiger charge is -2.31. The van der Waals surface area contributed by atoms with Crippen molar-refractivity contribution in [3.8, 4) is 30.0 Å². The van der Waals surface area contributed by atoms with Gasteiger partial charge >= 0.3 is 0 Å². The molecule has 6 nitrogen and oxygen atoms in total. The lowest BCUT2D eigenvalue weighted by Crippen LogP contribution is -2.31. The number of benzene rings is 2. The first kappa shape index (κ1) is 18.4. The van der Waals surface area contributed by atoms with E-state index in [0.29, 0.717) is 0 Å². The largest absolute Gasteiger partial charge is 0.336 e. The van der Waals surface area contributed by atoms with Crippen LogP contribution in [0.1, 0.15) is 23.1 Å². The van der Waals surface area contributed by atoms with Crippen molar-refractivity contribution in [2.45, 2.75) is 12.0 Å². The van der Waals surface area contributed by atoms with Gasteiger partial charge in [-0.05, 0) is 29.8 Å². The first-order valence-electron chi connectivity index (χ1n) is 8.24. The van der Waals surface area contributed by atoms with Crippen LogP contribution in [0.25, 0.3) is 0 Å². The zero-order valence-electron chi connectivity index (χ0n) is 14.6. The van der Waals surface area contributed by atoms with Gasteiger partial charge in [0.15, 0.2) is 11.4 Å². The number of hydrogen-bond acceptors (Lipinski definition) is 6. The predicted octanol–water partition coefficient (Wildman–Crippen LogP) is 3.94. The maximum absolute atomic E-state index is 9.43. The molecular weight excluding hydrogens is 352 g/mol. The van der Waals surface area contributed by atoms with Gasteiger partial charge in [-0.15, -0.1) is 0 Å². The quantitative estimate of drug-likeness (QED) is 0.599. The van der Waals surface area contributed by atoms with Crippen molar-refractivity contribution in [2.24, 2.45) is 0 Å². The van der Waals surface area contributed by atoms with E-state index in [-0.39, 0.29) is 34.4 Å². The van der Waals surface area contributed by atoms with Gasteiger partial charge in [0.1, 0.15) is 18.2 Å². The standard InChI is InChI=1S/C22H12N4O2/c23-12-16-6-7-21(10-18(16)14-25)27-28-22(20-4-2-1-3-5-20)9-8-17(13-24)19(11-22)15-26/h1-10H,11H2. The molecule has 2 aromatic carbocycles. The SMILES string of the molecule is N#CC1=C(C#N)CC(OOc2ccc(C#N)c(C#N)c2)(c2ccccc2)C=C1. The summed E-state index contributed by atoms with van der Waals surface area (Å²) in [5, 5.41) is 36.8. The summed E-state index contributed by atoms with van der Waals surface area (Å²) in [6.45, 7) is 0. The average Bonchev–Trinajstić information content (AvgIpc) is 2.77. The van der Waals surface area contributed by atoms with E-state index in [0.717, 1.165) is 5.56 Å². The summed E-state index contributed by atoms with van der Waals surface area (Å²) in [5.74, 6) is 0.243. The zero-order valence-corrected chi connectivity index (χ0v) is 14.6. The molecule has 0 saturated carbocycles. The minimum absolute atomic E-state index is 0.119. The van der Waals surface area contributed by atoms with E-state index in [1.165, 1.54) is 24.3 Å². The first-order valence-corrected chi connectivity index (χ1v) is 8.24. The van der Waals surface area contributed by atoms with Crippen LogP contribution in [-0.2, 0) is 10.5 Å². The Hall–Kier alpha value is -4.36. The van der Waals surface area contributed by atoms with Crippen LogP contribution in [0.5, 0.6) is 5.75 Å². The molecule has 1 atom stereocenters. The van der Waals surface area contributed by atoms with E-state index in [1.807, 2.05) is 48.5 Å². The van der Waals surface area contributed by atoms with Crippen molar-refractivity contribution in [2.75, 3.05) is 0 Å². The lowest BCUT2D eigenvalue weighted by atomic mass is 9.82. The fourth-order valence-corrected chi connectivity index (χ4v) is 2.85. The van der Waals surface area contributed by atoms with Gasteiger partial charge in [0, 0.05) is 12.5 Å². The molecule has 0 aliphatic heterocycles. The fourth-order valence-electron chi connectivity index (χ4n) is 2.85. The van der Waals surface area contributed by atoms with Crippen LogP contribution in [0.2, 0.25) is 0 Å². The van der Waals surface area contributed by atoms with E-state index < -0.39 is 5.60 Å². The van der Waals surface area contributed by atoms with Crippen LogP contribution in [0, 0.1) is 45.3 Å². The van der Waals surface area contributed by atoms with Gasteiger partial charge in [-0.1, -0.05) is 30.3 Å². The van der Waals surface area contributed by atoms with Crippen molar-refractivity contribution in [3.63, 3.8) is 0 Å². The highest BCUT2D eigenvalue weighted by molar-refractivity contribution is 5.51. The van der Waals surface area contributed by atoms with Gasteiger partial charge in [-0.25, -0.2) is 0 Å². The van der Waals surface area contributed by atoms with Gasteiger partial charge in [0.25, 0.3) is 0 Å². The number of hydrogen-bond donors (Lipinski definition) is 0. The number of rotatable bonds is 4. The predicted molar refractivity (Wildman–Crippen MR) is 97.7 cm³/mol. The van der Waals surface area contributed by atoms with Crippen LogP contribution < -0.4 is 4.89 Å². The minimum atomic E-state index is -1.12. The number of nitriles is 4. The van der Waals surface area contributed by atoms with Crippen LogP contribution in [0.15, 0.2) is 71.8 Å². The molecule has 0 bridgehead atoms. The average molecular weight is 364 g/mol. The summed E-state index contributed by atoms with van der Waals surface area (Å²) >= 11 is 0. The highest BCUT2D eigenvalue weighted by Gasteiger charge is 2.37. The molecule has 0 amide bonds. The monoisotopic (exact) mass is 364 g/mol. The Balaban J connectivity index is 1.96. The molecule has 0 radical (unpaired) electrons. The number of allylic oxidation sites excluding steroid dienone is 2. The smallest absolute Gasteiger partial charge is 0.166 e. The third-order valence-electron chi connectivity index (χ3n) is 4.32. The van der Waals surface area contributed by atoms with E-state index >= 15 is 0 Å². The van der Waals surface area contributed by atoms with Crippen molar-refractivity contribution in [1.29, 1.82) is 21.0 Å². The van der Waals surface area contributed by atoms with E-state index in [4.69, 9.17) is 20.3 Å². The highest BCUT2D eigenvalue weighted by Crippen LogP contribution is 2.39. The second-order valence-electron chi connectivity index (χ2n) is 5.98. The third-order valence-corrected chi connectivity index (χ3v) is 4.32. The molecule has 6 heteroatoms. The summed E-state index contributed by atoms with van der Waals surface area (Å²) < 4.78 is 0. The Morgan fingerprint density at radius 2 is 1.57 bits per heavy atom. The van der Waals surface area contributed by atoms with E-state index in [1.54, 1.807) is 6.08 Å². The molecule has 3 rings (SSSR count). The summed E-state index contributed by atoms with van der Waals surface area (Å²) in [6, 6.07) is 21.5. The van der Waals surface area contributed by atoms with Crippen molar-refractivity contribution < 1.29 is 9.78 Å². The Labute approximate surface area is 161 Å². The topological polar surface area (TPSA) is 114 Å². The van der Waals surface area contributed by atoms with Crippen LogP contribution in [-0.4, -0.2) is 0 Å². The summed E-state index contributed by atoms with van der Waals surface area (Å²) in [4.78, 5) is 11.2. The summed E-state index contributed by atoms with van der Waals surface area (Å²) in [6.07, 6.45) is 3.34. The summed E-state index contributed by atoms with van der Waals surface area (Å²) in [5.41, 5.74) is 0.593. The molecule has 0 saturated heterocycles. The maximum Gasteiger partial charge on any atom is 0.166 e. The summed E-state index contributed by atoms with van der Waals surface area (Å²) in [7, 11) is 0. The van der Waals surface area contributed by atoms with Gasteiger partial charge < -0.3 is 4.89 Å². The third kappa shape index (κ3) is 3.46. The Morgan fingerprint density at radius 1 is 0.821 bits per heavy atom. The van der Waals surface area contributed by atoms with Gasteiger partial charge in [0.05, 0.1) is 28.3 Å². The second-order valence-corrected chi connectivity index (χ2v) is 5.98. The maximum atomic E-state index is 9.43. The molecule has 2 aromatic rings. The molecule has 1 aliphatic carbocycles. The molecule has 1 unspecified atom stereocenters. The van der Waals surface area contributed by atoms with Crippen LogP contribution in [0.3, 0.4) is 0 Å². The van der Waals surface area contributed by atoms with Crippen molar-refractivity contribution in [1.82, 2.24) is 0 Å². The van der Waals surface area contributed by atoms with Gasteiger partial charge in [-0.3, -0.25) is 0 Å². The van der Waals surface area contributed by atoms with Crippen LogP contribution in [0.4, 0.5) is 0 Å². The molecule has 1 aliphatic rings. The molecule has 28 heavy (non-hydrogen) atoms. The Morgan fingerprint density at radius 3 is 2.21 bits per heavy atom. The van der Waals surface area contributed by atoms with Crippen LogP contribution >= 0.6 is 0 Å².